The number of ether oxygens (including phenoxy) is 1. The van der Waals surface area contributed by atoms with Gasteiger partial charge in [-0.1, -0.05) is 0 Å². The number of hydrogen-bond acceptors (Lipinski definition) is 6. The Morgan fingerprint density at radius 3 is 2.85 bits per heavy atom. The molecule has 1 aliphatic rings. The van der Waals surface area contributed by atoms with Crippen LogP contribution in [-0.2, 0) is 16.1 Å². The van der Waals surface area contributed by atoms with E-state index >= 15 is 0 Å². The lowest BCUT2D eigenvalue weighted by Crippen LogP contribution is -2.49. The Morgan fingerprint density at radius 1 is 1.60 bits per heavy atom. The monoisotopic (exact) mass is 282 g/mol. The van der Waals surface area contributed by atoms with Gasteiger partial charge >= 0.3 is 11.9 Å². The van der Waals surface area contributed by atoms with Gasteiger partial charge in [0.2, 0.25) is 5.76 Å². The highest BCUT2D eigenvalue weighted by Gasteiger charge is 2.41. The summed E-state index contributed by atoms with van der Waals surface area (Å²) >= 11 is 0. The van der Waals surface area contributed by atoms with E-state index < -0.39 is 17.5 Å². The molecule has 1 unspecified atom stereocenters. The maximum atomic E-state index is 11.4. The van der Waals surface area contributed by atoms with Crippen LogP contribution in [0.5, 0.6) is 0 Å². The Bertz CT molecular complexity index is 539. The number of likely N-dealkylation sites (tertiary alicyclic amines) is 1. The van der Waals surface area contributed by atoms with E-state index in [1.807, 2.05) is 4.90 Å². The smallest absolute Gasteiger partial charge is 0.374 e. The SMILES string of the molecule is COC(=O)c1oc(CN2CCC(N)(C(=O)O)C2)cc1C. The van der Waals surface area contributed by atoms with Crippen LogP contribution >= 0.6 is 0 Å². The fraction of sp³-hybridized carbons (Fsp3) is 0.538. The molecule has 7 heteroatoms. The van der Waals surface area contributed by atoms with E-state index in [2.05, 4.69) is 4.74 Å². The molecule has 1 aliphatic heterocycles. The third kappa shape index (κ3) is 2.68. The summed E-state index contributed by atoms with van der Waals surface area (Å²) in [5.74, 6) is -0.740. The summed E-state index contributed by atoms with van der Waals surface area (Å²) in [6.07, 6.45) is 0.395. The van der Waals surface area contributed by atoms with Crippen molar-refractivity contribution >= 4 is 11.9 Å². The van der Waals surface area contributed by atoms with Crippen molar-refractivity contribution in [1.29, 1.82) is 0 Å². The Balaban J connectivity index is 2.05. The zero-order valence-electron chi connectivity index (χ0n) is 11.5. The van der Waals surface area contributed by atoms with Crippen molar-refractivity contribution in [2.24, 2.45) is 5.73 Å². The number of rotatable bonds is 4. The lowest BCUT2D eigenvalue weighted by atomic mass is 10.0. The molecule has 0 saturated carbocycles. The first-order chi connectivity index (χ1) is 9.35. The van der Waals surface area contributed by atoms with Crippen molar-refractivity contribution in [2.45, 2.75) is 25.4 Å². The van der Waals surface area contributed by atoms with E-state index in [-0.39, 0.29) is 12.3 Å². The van der Waals surface area contributed by atoms with Gasteiger partial charge in [-0.05, 0) is 19.4 Å². The number of hydrogen-bond donors (Lipinski definition) is 2. The number of carbonyl (C=O) groups is 2. The van der Waals surface area contributed by atoms with Crippen LogP contribution in [0, 0.1) is 6.92 Å². The average molecular weight is 282 g/mol. The standard InChI is InChI=1S/C13H18N2O5/c1-8-5-9(20-10(8)11(16)19-2)6-15-4-3-13(14,7-15)12(17)18/h5H,3-4,6-7,14H2,1-2H3,(H,17,18). The molecule has 0 aromatic carbocycles. The van der Waals surface area contributed by atoms with E-state index in [9.17, 15) is 9.59 Å². The van der Waals surface area contributed by atoms with Crippen LogP contribution in [0.2, 0.25) is 0 Å². The molecule has 0 bridgehead atoms. The van der Waals surface area contributed by atoms with Crippen LogP contribution in [0.15, 0.2) is 10.5 Å². The molecular weight excluding hydrogens is 264 g/mol. The number of aryl methyl sites for hydroxylation is 1. The van der Waals surface area contributed by atoms with Gasteiger partial charge in [-0.25, -0.2) is 4.79 Å². The van der Waals surface area contributed by atoms with Gasteiger partial charge in [0.15, 0.2) is 0 Å². The van der Waals surface area contributed by atoms with Crippen LogP contribution < -0.4 is 5.73 Å². The first-order valence-electron chi connectivity index (χ1n) is 6.28. The molecule has 1 saturated heterocycles. The van der Waals surface area contributed by atoms with Gasteiger partial charge < -0.3 is 20.0 Å². The fourth-order valence-corrected chi connectivity index (χ4v) is 2.37. The maximum absolute atomic E-state index is 11.4. The minimum Gasteiger partial charge on any atom is -0.480 e. The summed E-state index contributed by atoms with van der Waals surface area (Å²) < 4.78 is 10.1. The molecule has 0 amide bonds. The zero-order valence-corrected chi connectivity index (χ0v) is 11.5. The van der Waals surface area contributed by atoms with E-state index in [0.29, 0.717) is 30.8 Å². The van der Waals surface area contributed by atoms with Crippen molar-refractivity contribution in [3.63, 3.8) is 0 Å². The second-order valence-electron chi connectivity index (χ2n) is 5.14. The van der Waals surface area contributed by atoms with Crippen LogP contribution in [0.4, 0.5) is 0 Å². The first-order valence-corrected chi connectivity index (χ1v) is 6.28. The molecule has 2 rings (SSSR count). The molecule has 1 atom stereocenters. The Hall–Kier alpha value is -1.86. The number of carboxylic acid groups (broad SMARTS) is 1. The Labute approximate surface area is 116 Å². The first kappa shape index (κ1) is 14.5. The fourth-order valence-electron chi connectivity index (χ4n) is 2.37. The number of carboxylic acids is 1. The van der Waals surface area contributed by atoms with E-state index in [0.717, 1.165) is 0 Å². The van der Waals surface area contributed by atoms with Gasteiger partial charge in [0.1, 0.15) is 11.3 Å². The molecule has 1 aromatic heterocycles. The quantitative estimate of drug-likeness (QED) is 0.768. The van der Waals surface area contributed by atoms with Crippen LogP contribution in [0.1, 0.15) is 28.3 Å². The average Bonchev–Trinajstić information content (AvgIpc) is 2.94. The van der Waals surface area contributed by atoms with Crippen LogP contribution in [-0.4, -0.2) is 47.7 Å². The van der Waals surface area contributed by atoms with Gasteiger partial charge in [0.25, 0.3) is 0 Å². The lowest BCUT2D eigenvalue weighted by Gasteiger charge is -2.19. The van der Waals surface area contributed by atoms with Gasteiger partial charge in [-0.3, -0.25) is 9.69 Å². The third-order valence-corrected chi connectivity index (χ3v) is 3.52. The largest absolute Gasteiger partial charge is 0.480 e. The molecule has 0 radical (unpaired) electrons. The Morgan fingerprint density at radius 2 is 2.30 bits per heavy atom. The molecule has 0 aliphatic carbocycles. The second-order valence-corrected chi connectivity index (χ2v) is 5.14. The van der Waals surface area contributed by atoms with E-state index in [1.165, 1.54) is 7.11 Å². The molecule has 110 valence electrons. The van der Waals surface area contributed by atoms with Crippen molar-refractivity contribution in [3.05, 3.63) is 23.2 Å². The van der Waals surface area contributed by atoms with Crippen molar-refractivity contribution < 1.29 is 23.8 Å². The predicted octanol–water partition coefficient (Wildman–Crippen LogP) is 0.362. The number of methoxy groups -OCH3 is 1. The maximum Gasteiger partial charge on any atom is 0.374 e. The van der Waals surface area contributed by atoms with Crippen molar-refractivity contribution in [1.82, 2.24) is 4.90 Å². The van der Waals surface area contributed by atoms with E-state index in [4.69, 9.17) is 15.3 Å². The molecule has 1 fully saturated rings. The van der Waals surface area contributed by atoms with Crippen LogP contribution in [0.25, 0.3) is 0 Å². The number of aliphatic carboxylic acids is 1. The van der Waals surface area contributed by atoms with Gasteiger partial charge in [0, 0.05) is 18.7 Å². The number of furan rings is 1. The van der Waals surface area contributed by atoms with Crippen molar-refractivity contribution in [2.75, 3.05) is 20.2 Å². The Kier molecular flexibility index (Phi) is 3.82. The molecule has 7 nitrogen and oxygen atoms in total. The predicted molar refractivity (Wildman–Crippen MR) is 69.2 cm³/mol. The third-order valence-electron chi connectivity index (χ3n) is 3.52. The highest BCUT2D eigenvalue weighted by molar-refractivity contribution is 5.87. The molecule has 20 heavy (non-hydrogen) atoms. The number of carbonyl (C=O) groups excluding carboxylic acids is 1. The van der Waals surface area contributed by atoms with E-state index in [1.54, 1.807) is 13.0 Å². The molecule has 3 N–H and O–H groups in total. The zero-order chi connectivity index (χ0) is 14.9. The number of nitrogens with two attached hydrogens (primary N) is 1. The topological polar surface area (TPSA) is 106 Å². The summed E-state index contributed by atoms with van der Waals surface area (Å²) in [5.41, 5.74) is 5.30. The summed E-state index contributed by atoms with van der Waals surface area (Å²) in [4.78, 5) is 24.4. The number of esters is 1. The van der Waals surface area contributed by atoms with Crippen LogP contribution in [0.3, 0.4) is 0 Å². The summed E-state index contributed by atoms with van der Waals surface area (Å²) in [5, 5.41) is 9.07. The normalized spacial score (nSPS) is 22.9. The summed E-state index contributed by atoms with van der Waals surface area (Å²) in [6, 6.07) is 1.75. The summed E-state index contributed by atoms with van der Waals surface area (Å²) in [6.45, 7) is 3.02. The number of nitrogens with zero attached hydrogens (tertiary/aromatic N) is 1. The highest BCUT2D eigenvalue weighted by atomic mass is 16.5. The van der Waals surface area contributed by atoms with Gasteiger partial charge in [0.05, 0.1) is 13.7 Å². The van der Waals surface area contributed by atoms with Gasteiger partial charge in [-0.15, -0.1) is 0 Å². The molecular formula is C13H18N2O5. The molecule has 2 heterocycles. The molecule has 1 aromatic rings. The molecule has 0 spiro atoms. The lowest BCUT2D eigenvalue weighted by molar-refractivity contribution is -0.142. The summed E-state index contributed by atoms with van der Waals surface area (Å²) in [7, 11) is 1.29. The van der Waals surface area contributed by atoms with Crippen molar-refractivity contribution in [3.8, 4) is 0 Å². The second kappa shape index (κ2) is 5.26. The minimum absolute atomic E-state index is 0.180. The van der Waals surface area contributed by atoms with Gasteiger partial charge in [-0.2, -0.15) is 0 Å². The minimum atomic E-state index is -1.20. The highest BCUT2D eigenvalue weighted by Crippen LogP contribution is 2.23.